The van der Waals surface area contributed by atoms with Gasteiger partial charge in [-0.05, 0) is 56.1 Å². The van der Waals surface area contributed by atoms with Gasteiger partial charge in [0.25, 0.3) is 0 Å². The topological polar surface area (TPSA) is 52.6 Å². The van der Waals surface area contributed by atoms with Crippen molar-refractivity contribution in [3.63, 3.8) is 0 Å². The molecule has 2 aliphatic rings. The van der Waals surface area contributed by atoms with E-state index in [0.29, 0.717) is 6.54 Å². The number of hydrogen-bond donors (Lipinski definition) is 2. The third-order valence-electron chi connectivity index (χ3n) is 4.94. The summed E-state index contributed by atoms with van der Waals surface area (Å²) in [5.41, 5.74) is 1.16. The number of nitrogens with one attached hydrogen (secondary N) is 2. The number of anilines is 1. The lowest BCUT2D eigenvalue weighted by Gasteiger charge is -2.31. The number of rotatable bonds is 6. The van der Waals surface area contributed by atoms with E-state index in [1.54, 1.807) is 0 Å². The number of pyridine rings is 1. The highest BCUT2D eigenvalue weighted by Crippen LogP contribution is 2.27. The molecule has 2 fully saturated rings. The molecule has 1 aromatic rings. The Labute approximate surface area is 146 Å². The Bertz CT molecular complexity index is 527. The smallest absolute Gasteiger partial charge is 0.191 e. The van der Waals surface area contributed by atoms with Crippen LogP contribution in [0.5, 0.6) is 0 Å². The molecule has 2 N–H and O–H groups in total. The number of piperidine rings is 1. The minimum Gasteiger partial charge on any atom is -0.357 e. The molecule has 2 heterocycles. The molecule has 1 aromatic heterocycles. The van der Waals surface area contributed by atoms with Crippen LogP contribution in [0.1, 0.15) is 45.1 Å². The highest BCUT2D eigenvalue weighted by atomic mass is 15.2. The average molecular weight is 329 g/mol. The molecule has 0 aromatic carbocycles. The first-order valence-electron chi connectivity index (χ1n) is 9.46. The van der Waals surface area contributed by atoms with Crippen molar-refractivity contribution in [3.8, 4) is 0 Å². The molecule has 0 radical (unpaired) electrons. The van der Waals surface area contributed by atoms with E-state index in [4.69, 9.17) is 0 Å². The van der Waals surface area contributed by atoms with Crippen molar-refractivity contribution in [2.24, 2.45) is 16.8 Å². The minimum atomic E-state index is 0.671. The molecule has 0 bridgehead atoms. The van der Waals surface area contributed by atoms with Crippen molar-refractivity contribution in [1.82, 2.24) is 15.6 Å². The molecule has 0 unspecified atom stereocenters. The van der Waals surface area contributed by atoms with Crippen LogP contribution < -0.4 is 15.5 Å². The molecule has 0 spiro atoms. The van der Waals surface area contributed by atoms with Gasteiger partial charge in [-0.3, -0.25) is 0 Å². The number of aromatic nitrogens is 1. The fraction of sp³-hybridized carbons (Fsp3) is 0.684. The summed E-state index contributed by atoms with van der Waals surface area (Å²) in [6, 6.07) is 4.31. The van der Waals surface area contributed by atoms with Gasteiger partial charge in [-0.25, -0.2) is 9.98 Å². The van der Waals surface area contributed by atoms with Crippen molar-refractivity contribution >= 4 is 11.8 Å². The summed E-state index contributed by atoms with van der Waals surface area (Å²) >= 11 is 0. The van der Waals surface area contributed by atoms with E-state index in [1.807, 2.05) is 6.20 Å². The van der Waals surface area contributed by atoms with Crippen molar-refractivity contribution in [1.29, 1.82) is 0 Å². The Balaban J connectivity index is 1.53. The lowest BCUT2D eigenvalue weighted by molar-refractivity contribution is 0.436. The van der Waals surface area contributed by atoms with Crippen molar-refractivity contribution in [2.75, 3.05) is 31.1 Å². The standard InChI is InChI=1S/C19H31N5/c1-3-20-19(22-12-16-4-5-16)23-14-17-6-7-18(21-13-17)24-10-8-15(2)9-11-24/h6-7,13,15-16H,3-5,8-12,14H2,1-2H3,(H2,20,22,23). The number of hydrogen-bond acceptors (Lipinski definition) is 3. The Morgan fingerprint density at radius 3 is 2.62 bits per heavy atom. The summed E-state index contributed by atoms with van der Waals surface area (Å²) in [4.78, 5) is 11.7. The van der Waals surface area contributed by atoms with Crippen LogP contribution >= 0.6 is 0 Å². The van der Waals surface area contributed by atoms with E-state index in [1.165, 1.54) is 25.7 Å². The van der Waals surface area contributed by atoms with Crippen LogP contribution in [0.15, 0.2) is 23.3 Å². The van der Waals surface area contributed by atoms with E-state index in [0.717, 1.165) is 55.4 Å². The first kappa shape index (κ1) is 17.1. The molecule has 1 saturated heterocycles. The molecule has 1 saturated carbocycles. The van der Waals surface area contributed by atoms with Crippen LogP contribution in [-0.4, -0.2) is 37.1 Å². The third kappa shape index (κ3) is 5.11. The molecule has 0 amide bonds. The van der Waals surface area contributed by atoms with Crippen LogP contribution in [0.3, 0.4) is 0 Å². The van der Waals surface area contributed by atoms with Gasteiger partial charge in [0.1, 0.15) is 5.82 Å². The first-order chi connectivity index (χ1) is 11.7. The van der Waals surface area contributed by atoms with Crippen molar-refractivity contribution in [2.45, 2.75) is 46.1 Å². The molecular weight excluding hydrogens is 298 g/mol. The Kier molecular flexibility index (Phi) is 5.94. The summed E-state index contributed by atoms with van der Waals surface area (Å²) in [5.74, 6) is 3.72. The summed E-state index contributed by atoms with van der Waals surface area (Å²) in [6.07, 6.45) is 7.22. The predicted octanol–water partition coefficient (Wildman–Crippen LogP) is 2.78. The second-order valence-corrected chi connectivity index (χ2v) is 7.21. The van der Waals surface area contributed by atoms with Gasteiger partial charge in [0, 0.05) is 32.4 Å². The summed E-state index contributed by atoms with van der Waals surface area (Å²) < 4.78 is 0. The highest BCUT2D eigenvalue weighted by Gasteiger charge is 2.21. The van der Waals surface area contributed by atoms with Crippen LogP contribution in [0.4, 0.5) is 5.82 Å². The Morgan fingerprint density at radius 1 is 1.21 bits per heavy atom. The zero-order valence-electron chi connectivity index (χ0n) is 15.1. The largest absolute Gasteiger partial charge is 0.357 e. The van der Waals surface area contributed by atoms with Gasteiger partial charge in [-0.1, -0.05) is 13.0 Å². The highest BCUT2D eigenvalue weighted by molar-refractivity contribution is 5.79. The monoisotopic (exact) mass is 329 g/mol. The summed E-state index contributed by atoms with van der Waals surface area (Å²) in [7, 11) is 0. The van der Waals surface area contributed by atoms with Crippen molar-refractivity contribution < 1.29 is 0 Å². The Morgan fingerprint density at radius 2 is 2.00 bits per heavy atom. The van der Waals surface area contributed by atoms with Crippen molar-refractivity contribution in [3.05, 3.63) is 23.9 Å². The lowest BCUT2D eigenvalue weighted by atomic mass is 9.99. The summed E-state index contributed by atoms with van der Waals surface area (Å²) in [6.45, 7) is 9.29. The molecule has 132 valence electrons. The normalized spacial score (nSPS) is 19.4. The van der Waals surface area contributed by atoms with Gasteiger partial charge in [-0.2, -0.15) is 0 Å². The minimum absolute atomic E-state index is 0.671. The maximum Gasteiger partial charge on any atom is 0.191 e. The van der Waals surface area contributed by atoms with Gasteiger partial charge in [0.15, 0.2) is 5.96 Å². The molecule has 0 atom stereocenters. The molecule has 3 rings (SSSR count). The fourth-order valence-corrected chi connectivity index (χ4v) is 3.01. The molecule has 1 aliphatic heterocycles. The Hall–Kier alpha value is -1.78. The molecule has 24 heavy (non-hydrogen) atoms. The van der Waals surface area contributed by atoms with Gasteiger partial charge in [-0.15, -0.1) is 0 Å². The maximum absolute atomic E-state index is 4.68. The quantitative estimate of drug-likeness (QED) is 0.622. The fourth-order valence-electron chi connectivity index (χ4n) is 3.01. The van der Waals surface area contributed by atoms with E-state index in [-0.39, 0.29) is 0 Å². The first-order valence-corrected chi connectivity index (χ1v) is 9.46. The van der Waals surface area contributed by atoms with Gasteiger partial charge in [0.05, 0.1) is 6.54 Å². The van der Waals surface area contributed by atoms with E-state index >= 15 is 0 Å². The molecule has 5 heteroatoms. The second-order valence-electron chi connectivity index (χ2n) is 7.21. The molecule has 5 nitrogen and oxygen atoms in total. The maximum atomic E-state index is 4.68. The number of guanidine groups is 1. The zero-order valence-corrected chi connectivity index (χ0v) is 15.1. The lowest BCUT2D eigenvalue weighted by Crippen LogP contribution is -2.38. The van der Waals surface area contributed by atoms with E-state index in [9.17, 15) is 0 Å². The predicted molar refractivity (Wildman–Crippen MR) is 100 cm³/mol. The van der Waals surface area contributed by atoms with Gasteiger partial charge >= 0.3 is 0 Å². The summed E-state index contributed by atoms with van der Waals surface area (Å²) in [5, 5.41) is 6.74. The number of aliphatic imine (C=N–C) groups is 1. The SMILES string of the molecule is CCNC(=NCc1ccc(N2CCC(C)CC2)nc1)NCC1CC1. The van der Waals surface area contributed by atoms with Crippen LogP contribution in [-0.2, 0) is 6.54 Å². The number of nitrogens with zero attached hydrogens (tertiary/aromatic N) is 3. The third-order valence-corrected chi connectivity index (χ3v) is 4.94. The molecule has 1 aliphatic carbocycles. The molecular formula is C19H31N5. The zero-order chi connectivity index (χ0) is 16.8. The average Bonchev–Trinajstić information content (AvgIpc) is 3.43. The van der Waals surface area contributed by atoms with Crippen LogP contribution in [0, 0.1) is 11.8 Å². The van der Waals surface area contributed by atoms with Gasteiger partial charge < -0.3 is 15.5 Å². The van der Waals surface area contributed by atoms with E-state index in [2.05, 4.69) is 51.5 Å². The second kappa shape index (κ2) is 8.36. The van der Waals surface area contributed by atoms with Gasteiger partial charge in [0.2, 0.25) is 0 Å². The van der Waals surface area contributed by atoms with Crippen LogP contribution in [0.2, 0.25) is 0 Å². The van der Waals surface area contributed by atoms with E-state index < -0.39 is 0 Å². The van der Waals surface area contributed by atoms with Crippen LogP contribution in [0.25, 0.3) is 0 Å².